The van der Waals surface area contributed by atoms with E-state index in [0.29, 0.717) is 27.5 Å². The number of ether oxygens (including phenoxy) is 1. The maximum atomic E-state index is 6.28. The van der Waals surface area contributed by atoms with Crippen LogP contribution >= 0.6 is 23.2 Å². The summed E-state index contributed by atoms with van der Waals surface area (Å²) >= 11 is 12.1. The Kier molecular flexibility index (Phi) is 4.06. The van der Waals surface area contributed by atoms with E-state index in [9.17, 15) is 0 Å². The Morgan fingerprint density at radius 3 is 2.57 bits per heavy atom. The van der Waals surface area contributed by atoms with Gasteiger partial charge in [0.25, 0.3) is 5.89 Å². The average Bonchev–Trinajstić information content (AvgIpc) is 3.08. The lowest BCUT2D eigenvalue weighted by molar-refractivity contribution is 0.241. The van der Waals surface area contributed by atoms with Gasteiger partial charge in [-0.2, -0.15) is 4.98 Å². The first-order chi connectivity index (χ1) is 10.1. The van der Waals surface area contributed by atoms with Crippen molar-refractivity contribution >= 4 is 23.2 Å². The van der Waals surface area contributed by atoms with E-state index in [-0.39, 0.29) is 6.61 Å². The molecule has 1 aromatic heterocycles. The van der Waals surface area contributed by atoms with Crippen LogP contribution in [0.2, 0.25) is 10.0 Å². The van der Waals surface area contributed by atoms with Crippen molar-refractivity contribution in [2.24, 2.45) is 5.73 Å². The average molecular weight is 328 g/mol. The van der Waals surface area contributed by atoms with Crippen LogP contribution in [0.1, 0.15) is 37.4 Å². The van der Waals surface area contributed by atoms with E-state index in [1.807, 2.05) is 0 Å². The normalized spacial score (nSPS) is 17.1. The second-order valence-electron chi connectivity index (χ2n) is 5.21. The predicted molar refractivity (Wildman–Crippen MR) is 79.4 cm³/mol. The Hall–Kier alpha value is -1.30. The molecule has 0 bridgehead atoms. The van der Waals surface area contributed by atoms with Crippen LogP contribution in [0.25, 0.3) is 0 Å². The molecule has 3 rings (SSSR count). The van der Waals surface area contributed by atoms with E-state index in [1.54, 1.807) is 18.2 Å². The Bertz CT molecular complexity index is 619. The summed E-state index contributed by atoms with van der Waals surface area (Å²) in [6.45, 7) is 0.104. The van der Waals surface area contributed by atoms with E-state index in [4.69, 9.17) is 38.2 Å². The van der Waals surface area contributed by atoms with Gasteiger partial charge >= 0.3 is 0 Å². The number of nitrogens with zero attached hydrogens (tertiary/aromatic N) is 2. The molecule has 112 valence electrons. The van der Waals surface area contributed by atoms with Crippen LogP contribution in [0.15, 0.2) is 22.7 Å². The Labute approximate surface area is 132 Å². The number of hydrogen-bond donors (Lipinski definition) is 1. The highest BCUT2D eigenvalue weighted by Gasteiger charge is 2.36. The summed E-state index contributed by atoms with van der Waals surface area (Å²) in [4.78, 5) is 4.32. The number of para-hydroxylation sites is 1. The Morgan fingerprint density at radius 1 is 1.24 bits per heavy atom. The monoisotopic (exact) mass is 327 g/mol. The number of nitrogens with two attached hydrogens (primary N) is 1. The van der Waals surface area contributed by atoms with Gasteiger partial charge in [-0.15, -0.1) is 0 Å². The molecule has 0 unspecified atom stereocenters. The topological polar surface area (TPSA) is 74.2 Å². The highest BCUT2D eigenvalue weighted by atomic mass is 35.5. The SMILES string of the molecule is NC1(c2noc(COc3c(Cl)cccc3Cl)n2)CCCC1. The highest BCUT2D eigenvalue weighted by Crippen LogP contribution is 2.35. The molecular weight excluding hydrogens is 313 g/mol. The van der Waals surface area contributed by atoms with Crippen molar-refractivity contribution in [2.45, 2.75) is 37.8 Å². The molecule has 5 nitrogen and oxygen atoms in total. The molecule has 1 aliphatic carbocycles. The molecule has 1 fully saturated rings. The second kappa shape index (κ2) is 5.83. The molecule has 21 heavy (non-hydrogen) atoms. The van der Waals surface area contributed by atoms with Crippen LogP contribution in [0.3, 0.4) is 0 Å². The minimum absolute atomic E-state index is 0.104. The van der Waals surface area contributed by atoms with Crippen molar-refractivity contribution in [1.29, 1.82) is 0 Å². The third kappa shape index (κ3) is 3.00. The van der Waals surface area contributed by atoms with Gasteiger partial charge in [0.05, 0.1) is 15.6 Å². The van der Waals surface area contributed by atoms with E-state index in [0.717, 1.165) is 25.7 Å². The lowest BCUT2D eigenvalue weighted by Gasteiger charge is -2.17. The summed E-state index contributed by atoms with van der Waals surface area (Å²) in [7, 11) is 0. The quantitative estimate of drug-likeness (QED) is 0.926. The number of aromatic nitrogens is 2. The fourth-order valence-electron chi connectivity index (χ4n) is 2.50. The zero-order chi connectivity index (χ0) is 14.9. The first-order valence-corrected chi connectivity index (χ1v) is 7.53. The third-order valence-corrected chi connectivity index (χ3v) is 4.26. The van der Waals surface area contributed by atoms with Crippen molar-refractivity contribution in [3.05, 3.63) is 40.0 Å². The van der Waals surface area contributed by atoms with Gasteiger partial charge in [0.15, 0.2) is 18.2 Å². The van der Waals surface area contributed by atoms with Gasteiger partial charge in [-0.3, -0.25) is 0 Å². The fourth-order valence-corrected chi connectivity index (χ4v) is 3.01. The molecular formula is C14H15Cl2N3O2. The molecule has 7 heteroatoms. The molecule has 0 radical (unpaired) electrons. The lowest BCUT2D eigenvalue weighted by Crippen LogP contribution is -2.34. The van der Waals surface area contributed by atoms with Crippen LogP contribution in [0.5, 0.6) is 5.75 Å². The summed E-state index contributed by atoms with van der Waals surface area (Å²) in [5.74, 6) is 1.31. The molecule has 1 aromatic carbocycles. The van der Waals surface area contributed by atoms with Crippen LogP contribution in [-0.2, 0) is 12.1 Å². The summed E-state index contributed by atoms with van der Waals surface area (Å²) in [6.07, 6.45) is 3.94. The first-order valence-electron chi connectivity index (χ1n) is 6.77. The maximum Gasteiger partial charge on any atom is 0.264 e. The summed E-state index contributed by atoms with van der Waals surface area (Å²) in [6, 6.07) is 5.16. The number of benzene rings is 1. The molecule has 1 saturated carbocycles. The van der Waals surface area contributed by atoms with Gasteiger partial charge in [-0.25, -0.2) is 0 Å². The van der Waals surface area contributed by atoms with Crippen LogP contribution in [-0.4, -0.2) is 10.1 Å². The molecule has 1 heterocycles. The lowest BCUT2D eigenvalue weighted by atomic mass is 9.99. The zero-order valence-corrected chi connectivity index (χ0v) is 12.8. The van der Waals surface area contributed by atoms with Crippen LogP contribution < -0.4 is 10.5 Å². The van der Waals surface area contributed by atoms with E-state index in [2.05, 4.69) is 10.1 Å². The van der Waals surface area contributed by atoms with Gasteiger partial charge in [-0.1, -0.05) is 47.3 Å². The summed E-state index contributed by atoms with van der Waals surface area (Å²) < 4.78 is 10.8. The highest BCUT2D eigenvalue weighted by molar-refractivity contribution is 6.37. The van der Waals surface area contributed by atoms with Gasteiger partial charge in [0.2, 0.25) is 0 Å². The van der Waals surface area contributed by atoms with E-state index in [1.165, 1.54) is 0 Å². The number of hydrogen-bond acceptors (Lipinski definition) is 5. The Balaban J connectivity index is 1.71. The summed E-state index contributed by atoms with van der Waals surface area (Å²) in [5, 5.41) is 4.85. The smallest absolute Gasteiger partial charge is 0.264 e. The molecule has 0 spiro atoms. The van der Waals surface area contributed by atoms with Gasteiger partial charge in [0, 0.05) is 0 Å². The number of rotatable bonds is 4. The molecule has 2 aromatic rings. The molecule has 1 aliphatic rings. The summed E-state index contributed by atoms with van der Waals surface area (Å²) in [5.41, 5.74) is 5.81. The van der Waals surface area contributed by atoms with Gasteiger partial charge in [0.1, 0.15) is 0 Å². The van der Waals surface area contributed by atoms with Gasteiger partial charge in [-0.05, 0) is 25.0 Å². The molecule has 2 N–H and O–H groups in total. The fraction of sp³-hybridized carbons (Fsp3) is 0.429. The standard InChI is InChI=1S/C14H15Cl2N3O2/c15-9-4-3-5-10(16)12(9)20-8-11-18-13(19-21-11)14(17)6-1-2-7-14/h3-5H,1-2,6-8,17H2. The first kappa shape index (κ1) is 14.6. The van der Waals surface area contributed by atoms with Gasteiger partial charge < -0.3 is 15.0 Å². The van der Waals surface area contributed by atoms with Crippen LogP contribution in [0, 0.1) is 0 Å². The Morgan fingerprint density at radius 2 is 1.90 bits per heavy atom. The molecule has 0 amide bonds. The molecule has 0 saturated heterocycles. The van der Waals surface area contributed by atoms with Crippen molar-refractivity contribution in [2.75, 3.05) is 0 Å². The van der Waals surface area contributed by atoms with Crippen molar-refractivity contribution in [3.8, 4) is 5.75 Å². The van der Waals surface area contributed by atoms with Crippen molar-refractivity contribution in [1.82, 2.24) is 10.1 Å². The molecule has 0 aliphatic heterocycles. The molecule has 0 atom stereocenters. The van der Waals surface area contributed by atoms with Crippen molar-refractivity contribution < 1.29 is 9.26 Å². The zero-order valence-electron chi connectivity index (χ0n) is 11.3. The van der Waals surface area contributed by atoms with Crippen molar-refractivity contribution in [3.63, 3.8) is 0 Å². The van der Waals surface area contributed by atoms with Crippen LogP contribution in [0.4, 0.5) is 0 Å². The van der Waals surface area contributed by atoms with E-state index >= 15 is 0 Å². The largest absolute Gasteiger partial charge is 0.481 e. The second-order valence-corrected chi connectivity index (χ2v) is 6.03. The third-order valence-electron chi connectivity index (χ3n) is 3.67. The van der Waals surface area contributed by atoms with E-state index < -0.39 is 5.54 Å². The minimum Gasteiger partial charge on any atom is -0.481 e. The predicted octanol–water partition coefficient (Wildman–Crippen LogP) is 3.68. The maximum absolute atomic E-state index is 6.28. The minimum atomic E-state index is -0.468. The number of halogens is 2.